The molecule has 1 unspecified atom stereocenters. The Morgan fingerprint density at radius 1 is 1.24 bits per heavy atom. The van der Waals surface area contributed by atoms with Crippen molar-refractivity contribution >= 4 is 29.1 Å². The van der Waals surface area contributed by atoms with Crippen LogP contribution in [0.4, 0.5) is 5.69 Å². The van der Waals surface area contributed by atoms with Crippen molar-refractivity contribution in [2.24, 2.45) is 5.92 Å². The van der Waals surface area contributed by atoms with Crippen molar-refractivity contribution in [3.8, 4) is 11.5 Å². The van der Waals surface area contributed by atoms with Gasteiger partial charge < -0.3 is 19.7 Å². The predicted octanol–water partition coefficient (Wildman–Crippen LogP) is 4.24. The van der Waals surface area contributed by atoms with Gasteiger partial charge in [0.05, 0.1) is 24.7 Å². The molecule has 1 N–H and O–H groups in total. The highest BCUT2D eigenvalue weighted by molar-refractivity contribution is 6.32. The quantitative estimate of drug-likeness (QED) is 0.764. The molecule has 2 aromatic carbocycles. The number of carbonyl (C=O) groups excluding carboxylic acids is 2. The van der Waals surface area contributed by atoms with Crippen LogP contribution in [0.25, 0.3) is 0 Å². The fourth-order valence-electron chi connectivity index (χ4n) is 3.45. The summed E-state index contributed by atoms with van der Waals surface area (Å²) in [6.07, 6.45) is 1.51. The lowest BCUT2D eigenvalue weighted by Crippen LogP contribution is -2.43. The van der Waals surface area contributed by atoms with Gasteiger partial charge in [0, 0.05) is 24.3 Å². The van der Waals surface area contributed by atoms with Crippen molar-refractivity contribution in [1.29, 1.82) is 0 Å². The third-order valence-corrected chi connectivity index (χ3v) is 5.17. The fourth-order valence-corrected chi connectivity index (χ4v) is 3.72. The van der Waals surface area contributed by atoms with Gasteiger partial charge in [0.15, 0.2) is 11.5 Å². The summed E-state index contributed by atoms with van der Waals surface area (Å²) in [6, 6.07) is 12.5. The average molecular weight is 417 g/mol. The summed E-state index contributed by atoms with van der Waals surface area (Å²) >= 11 is 6.30. The van der Waals surface area contributed by atoms with Gasteiger partial charge in [-0.15, -0.1) is 0 Å². The summed E-state index contributed by atoms with van der Waals surface area (Å²) in [5.41, 5.74) is 1.17. The SMILES string of the molecule is CCOc1c(Cl)cc(C(=O)N2CCCC(C(=O)Nc3ccccc3)C2)cc1OC. The van der Waals surface area contributed by atoms with Crippen molar-refractivity contribution in [3.05, 3.63) is 53.1 Å². The van der Waals surface area contributed by atoms with E-state index in [0.717, 1.165) is 18.5 Å². The van der Waals surface area contributed by atoms with E-state index in [4.69, 9.17) is 21.1 Å². The number of benzene rings is 2. The molecule has 0 saturated carbocycles. The number of rotatable bonds is 6. The fraction of sp³-hybridized carbons (Fsp3) is 0.364. The van der Waals surface area contributed by atoms with E-state index in [-0.39, 0.29) is 17.7 Å². The van der Waals surface area contributed by atoms with Crippen molar-refractivity contribution in [3.63, 3.8) is 0 Å². The Morgan fingerprint density at radius 2 is 2.00 bits per heavy atom. The molecular formula is C22H25ClN2O4. The number of methoxy groups -OCH3 is 1. The van der Waals surface area contributed by atoms with Crippen LogP contribution in [0.15, 0.2) is 42.5 Å². The number of anilines is 1. The summed E-state index contributed by atoms with van der Waals surface area (Å²) in [5, 5.41) is 3.25. The first-order valence-electron chi connectivity index (χ1n) is 9.69. The average Bonchev–Trinajstić information content (AvgIpc) is 2.75. The van der Waals surface area contributed by atoms with E-state index < -0.39 is 0 Å². The minimum atomic E-state index is -0.257. The first-order valence-corrected chi connectivity index (χ1v) is 10.1. The van der Waals surface area contributed by atoms with Crippen LogP contribution >= 0.6 is 11.6 Å². The number of nitrogens with zero attached hydrogens (tertiary/aromatic N) is 1. The summed E-state index contributed by atoms with van der Waals surface area (Å²) in [6.45, 7) is 3.25. The van der Waals surface area contributed by atoms with Crippen LogP contribution in [-0.2, 0) is 4.79 Å². The summed E-state index contributed by atoms with van der Waals surface area (Å²) in [4.78, 5) is 27.4. The van der Waals surface area contributed by atoms with Crippen LogP contribution in [0.5, 0.6) is 11.5 Å². The van der Waals surface area contributed by atoms with Gasteiger partial charge in [-0.05, 0) is 44.0 Å². The second-order valence-corrected chi connectivity index (χ2v) is 7.28. The molecule has 0 aromatic heterocycles. The molecule has 7 heteroatoms. The summed E-state index contributed by atoms with van der Waals surface area (Å²) in [5.74, 6) is 0.333. The van der Waals surface area contributed by atoms with Crippen LogP contribution in [0.2, 0.25) is 5.02 Å². The summed E-state index contributed by atoms with van der Waals surface area (Å²) < 4.78 is 10.8. The van der Waals surface area contributed by atoms with Crippen LogP contribution in [0, 0.1) is 5.92 Å². The molecule has 2 amide bonds. The topological polar surface area (TPSA) is 67.9 Å². The zero-order chi connectivity index (χ0) is 20.8. The van der Waals surface area contributed by atoms with Crippen LogP contribution < -0.4 is 14.8 Å². The second-order valence-electron chi connectivity index (χ2n) is 6.87. The molecule has 29 heavy (non-hydrogen) atoms. The van der Waals surface area contributed by atoms with Crippen molar-refractivity contribution in [2.45, 2.75) is 19.8 Å². The molecule has 1 aliphatic heterocycles. The molecule has 1 heterocycles. The van der Waals surface area contributed by atoms with E-state index in [2.05, 4.69) is 5.32 Å². The second kappa shape index (κ2) is 9.65. The van der Waals surface area contributed by atoms with Gasteiger partial charge in [0.1, 0.15) is 0 Å². The van der Waals surface area contributed by atoms with E-state index in [1.165, 1.54) is 7.11 Å². The maximum Gasteiger partial charge on any atom is 0.254 e. The van der Waals surface area contributed by atoms with E-state index in [1.54, 1.807) is 17.0 Å². The van der Waals surface area contributed by atoms with Gasteiger partial charge in [-0.25, -0.2) is 0 Å². The molecule has 6 nitrogen and oxygen atoms in total. The summed E-state index contributed by atoms with van der Waals surface area (Å²) in [7, 11) is 1.51. The lowest BCUT2D eigenvalue weighted by Gasteiger charge is -2.32. The largest absolute Gasteiger partial charge is 0.493 e. The van der Waals surface area contributed by atoms with E-state index >= 15 is 0 Å². The van der Waals surface area contributed by atoms with Crippen LogP contribution in [0.3, 0.4) is 0 Å². The van der Waals surface area contributed by atoms with Gasteiger partial charge in [0.2, 0.25) is 5.91 Å². The monoisotopic (exact) mass is 416 g/mol. The van der Waals surface area contributed by atoms with Crippen LogP contribution in [-0.4, -0.2) is 43.5 Å². The standard InChI is InChI=1S/C22H25ClN2O4/c1-3-29-20-18(23)12-16(13-19(20)28-2)22(27)25-11-7-8-15(14-25)21(26)24-17-9-5-4-6-10-17/h4-6,9-10,12-13,15H,3,7-8,11,14H2,1-2H3,(H,24,26). The van der Waals surface area contributed by atoms with E-state index in [1.807, 2.05) is 37.3 Å². The number of hydrogen-bond acceptors (Lipinski definition) is 4. The molecule has 1 atom stereocenters. The van der Waals surface area contributed by atoms with Crippen molar-refractivity contribution in [1.82, 2.24) is 4.90 Å². The van der Waals surface area contributed by atoms with Gasteiger partial charge >= 0.3 is 0 Å². The lowest BCUT2D eigenvalue weighted by atomic mass is 9.96. The smallest absolute Gasteiger partial charge is 0.254 e. The maximum atomic E-state index is 13.1. The molecule has 0 radical (unpaired) electrons. The minimum absolute atomic E-state index is 0.0731. The van der Waals surface area contributed by atoms with Crippen molar-refractivity contribution in [2.75, 3.05) is 32.1 Å². The first-order chi connectivity index (χ1) is 14.0. The molecule has 0 bridgehead atoms. The Balaban J connectivity index is 1.72. The number of carbonyl (C=O) groups is 2. The van der Waals surface area contributed by atoms with Gasteiger partial charge in [-0.2, -0.15) is 0 Å². The number of piperidine rings is 1. The molecule has 3 rings (SSSR count). The van der Waals surface area contributed by atoms with Crippen LogP contribution in [0.1, 0.15) is 30.1 Å². The first kappa shape index (κ1) is 21.0. The van der Waals surface area contributed by atoms with Gasteiger partial charge in [-0.3, -0.25) is 9.59 Å². The minimum Gasteiger partial charge on any atom is -0.493 e. The highest BCUT2D eigenvalue weighted by Crippen LogP contribution is 2.37. The number of likely N-dealkylation sites (tertiary alicyclic amines) is 1. The highest BCUT2D eigenvalue weighted by Gasteiger charge is 2.29. The Labute approximate surface area is 175 Å². The number of ether oxygens (including phenoxy) is 2. The molecule has 1 fully saturated rings. The Bertz CT molecular complexity index is 873. The Kier molecular flexibility index (Phi) is 6.99. The molecule has 0 spiro atoms. The number of hydrogen-bond donors (Lipinski definition) is 1. The lowest BCUT2D eigenvalue weighted by molar-refractivity contribution is -0.121. The molecule has 2 aromatic rings. The molecular weight excluding hydrogens is 392 g/mol. The van der Waals surface area contributed by atoms with Crippen molar-refractivity contribution < 1.29 is 19.1 Å². The number of halogens is 1. The predicted molar refractivity (Wildman–Crippen MR) is 113 cm³/mol. The third kappa shape index (κ3) is 5.01. The molecule has 1 saturated heterocycles. The van der Waals surface area contributed by atoms with E-state index in [0.29, 0.717) is 41.8 Å². The Hall–Kier alpha value is -2.73. The normalized spacial score (nSPS) is 16.2. The van der Waals surface area contributed by atoms with Gasteiger partial charge in [-0.1, -0.05) is 29.8 Å². The van der Waals surface area contributed by atoms with Gasteiger partial charge in [0.25, 0.3) is 5.91 Å². The highest BCUT2D eigenvalue weighted by atomic mass is 35.5. The number of nitrogens with one attached hydrogen (secondary N) is 1. The number of para-hydroxylation sites is 1. The third-order valence-electron chi connectivity index (χ3n) is 4.89. The Morgan fingerprint density at radius 3 is 2.69 bits per heavy atom. The zero-order valence-corrected chi connectivity index (χ0v) is 17.4. The molecule has 1 aliphatic rings. The zero-order valence-electron chi connectivity index (χ0n) is 16.6. The van der Waals surface area contributed by atoms with E-state index in [9.17, 15) is 9.59 Å². The number of amides is 2. The molecule has 0 aliphatic carbocycles. The molecule has 154 valence electrons. The maximum absolute atomic E-state index is 13.1.